The third kappa shape index (κ3) is 2.13. The minimum Gasteiger partial charge on any atom is -0.411 e. The summed E-state index contributed by atoms with van der Waals surface area (Å²) in [4.78, 5) is 3.97. The Balaban J connectivity index is 2.94. The monoisotopic (exact) mass is 195 g/mol. The van der Waals surface area contributed by atoms with Gasteiger partial charge in [-0.3, -0.25) is 0 Å². The van der Waals surface area contributed by atoms with Gasteiger partial charge in [0.1, 0.15) is 0 Å². The molecule has 0 saturated heterocycles. The van der Waals surface area contributed by atoms with Crippen LogP contribution in [-0.2, 0) is 0 Å². The van der Waals surface area contributed by atoms with E-state index in [0.29, 0.717) is 0 Å². The number of oxime groups is 1. The fraction of sp³-hybridized carbons (Fsp3) is 0.600. The lowest BCUT2D eigenvalue weighted by Gasteiger charge is -2.25. The van der Waals surface area contributed by atoms with Crippen LogP contribution in [0.4, 0.5) is 0 Å². The fourth-order valence-corrected chi connectivity index (χ4v) is 1.50. The van der Waals surface area contributed by atoms with Gasteiger partial charge in [-0.1, -0.05) is 25.9 Å². The van der Waals surface area contributed by atoms with E-state index in [0.717, 1.165) is 5.71 Å². The van der Waals surface area contributed by atoms with Crippen LogP contribution in [0.3, 0.4) is 0 Å². The summed E-state index contributed by atoms with van der Waals surface area (Å²) in [5, 5.41) is 12.4. The standard InChI is InChI=1S/C10H17N3O/c1-8(13-6-5-11-7-13)9(12-14)10(2,3)4/h5-8,14H,1-4H3. The van der Waals surface area contributed by atoms with Gasteiger partial charge in [-0.2, -0.15) is 0 Å². The summed E-state index contributed by atoms with van der Waals surface area (Å²) in [5.41, 5.74) is 0.605. The second-order valence-electron chi connectivity index (χ2n) is 4.42. The van der Waals surface area contributed by atoms with E-state index in [2.05, 4.69) is 10.1 Å². The van der Waals surface area contributed by atoms with Crippen LogP contribution in [0.15, 0.2) is 23.9 Å². The largest absolute Gasteiger partial charge is 0.411 e. The van der Waals surface area contributed by atoms with Crippen LogP contribution in [0.25, 0.3) is 0 Å². The highest BCUT2D eigenvalue weighted by Crippen LogP contribution is 2.24. The number of hydrogen-bond acceptors (Lipinski definition) is 3. The zero-order chi connectivity index (χ0) is 10.8. The Morgan fingerprint density at radius 1 is 1.50 bits per heavy atom. The van der Waals surface area contributed by atoms with Crippen LogP contribution in [-0.4, -0.2) is 20.5 Å². The highest BCUT2D eigenvalue weighted by molar-refractivity contribution is 5.91. The van der Waals surface area contributed by atoms with Crippen LogP contribution < -0.4 is 0 Å². The molecule has 1 rings (SSSR count). The van der Waals surface area contributed by atoms with Gasteiger partial charge in [0, 0.05) is 17.8 Å². The molecule has 4 heteroatoms. The smallest absolute Gasteiger partial charge is 0.0952 e. The van der Waals surface area contributed by atoms with E-state index >= 15 is 0 Å². The molecule has 0 aliphatic rings. The normalized spacial score (nSPS) is 15.6. The second-order valence-corrected chi connectivity index (χ2v) is 4.42. The molecular formula is C10H17N3O. The molecule has 1 unspecified atom stereocenters. The van der Waals surface area contributed by atoms with Gasteiger partial charge in [-0.15, -0.1) is 0 Å². The van der Waals surface area contributed by atoms with Crippen molar-refractivity contribution in [1.82, 2.24) is 9.55 Å². The van der Waals surface area contributed by atoms with E-state index < -0.39 is 0 Å². The topological polar surface area (TPSA) is 50.4 Å². The number of hydrogen-bond donors (Lipinski definition) is 1. The van der Waals surface area contributed by atoms with Gasteiger partial charge < -0.3 is 9.77 Å². The zero-order valence-corrected chi connectivity index (χ0v) is 9.10. The summed E-state index contributed by atoms with van der Waals surface area (Å²) >= 11 is 0. The molecule has 0 saturated carbocycles. The quantitative estimate of drug-likeness (QED) is 0.447. The molecule has 1 aromatic rings. The third-order valence-corrected chi connectivity index (χ3v) is 2.24. The average molecular weight is 195 g/mol. The first-order chi connectivity index (χ1) is 6.46. The molecule has 0 aliphatic carbocycles. The summed E-state index contributed by atoms with van der Waals surface area (Å²) in [7, 11) is 0. The molecule has 0 aliphatic heterocycles. The van der Waals surface area contributed by atoms with Crippen LogP contribution in [0.5, 0.6) is 0 Å². The molecule has 0 radical (unpaired) electrons. The van der Waals surface area contributed by atoms with Gasteiger partial charge in [-0.25, -0.2) is 4.98 Å². The lowest BCUT2D eigenvalue weighted by atomic mass is 9.86. The maximum absolute atomic E-state index is 8.99. The van der Waals surface area contributed by atoms with Crippen molar-refractivity contribution in [3.05, 3.63) is 18.7 Å². The molecule has 0 spiro atoms. The Labute approximate surface area is 84.3 Å². The van der Waals surface area contributed by atoms with E-state index in [1.165, 1.54) is 0 Å². The lowest BCUT2D eigenvalue weighted by molar-refractivity contribution is 0.304. The highest BCUT2D eigenvalue weighted by Gasteiger charge is 2.25. The second kappa shape index (κ2) is 3.82. The molecule has 1 N–H and O–H groups in total. The van der Waals surface area contributed by atoms with E-state index in [4.69, 9.17) is 5.21 Å². The van der Waals surface area contributed by atoms with Crippen molar-refractivity contribution in [2.45, 2.75) is 33.7 Å². The maximum atomic E-state index is 8.99. The Kier molecular flexibility index (Phi) is 2.93. The summed E-state index contributed by atoms with van der Waals surface area (Å²) in [6.07, 6.45) is 5.30. The van der Waals surface area contributed by atoms with Crippen molar-refractivity contribution in [2.75, 3.05) is 0 Å². The summed E-state index contributed by atoms with van der Waals surface area (Å²) in [5.74, 6) is 0. The Morgan fingerprint density at radius 3 is 2.50 bits per heavy atom. The van der Waals surface area contributed by atoms with Gasteiger partial charge in [-0.05, 0) is 6.92 Å². The number of imidazole rings is 1. The number of aromatic nitrogens is 2. The number of nitrogens with zero attached hydrogens (tertiary/aromatic N) is 3. The van der Waals surface area contributed by atoms with Gasteiger partial charge in [0.15, 0.2) is 0 Å². The summed E-state index contributed by atoms with van der Waals surface area (Å²) < 4.78 is 1.92. The van der Waals surface area contributed by atoms with Gasteiger partial charge in [0.25, 0.3) is 0 Å². The molecule has 1 heterocycles. The summed E-state index contributed by atoms with van der Waals surface area (Å²) in [6, 6.07) is 0.0301. The average Bonchev–Trinajstić information content (AvgIpc) is 2.53. The fourth-order valence-electron chi connectivity index (χ4n) is 1.50. The van der Waals surface area contributed by atoms with Crippen molar-refractivity contribution in [3.8, 4) is 0 Å². The molecule has 4 nitrogen and oxygen atoms in total. The molecule has 0 aromatic carbocycles. The minimum absolute atomic E-state index is 0.0301. The van der Waals surface area contributed by atoms with Gasteiger partial charge in [0.05, 0.1) is 18.1 Å². The van der Waals surface area contributed by atoms with Crippen molar-refractivity contribution in [1.29, 1.82) is 0 Å². The zero-order valence-electron chi connectivity index (χ0n) is 9.10. The SMILES string of the molecule is CC(C(=NO)C(C)(C)C)n1ccnc1. The Hall–Kier alpha value is -1.32. The lowest BCUT2D eigenvalue weighted by Crippen LogP contribution is -2.28. The van der Waals surface area contributed by atoms with Crippen LogP contribution in [0.2, 0.25) is 0 Å². The highest BCUT2D eigenvalue weighted by atomic mass is 16.4. The van der Waals surface area contributed by atoms with Crippen LogP contribution in [0.1, 0.15) is 33.7 Å². The van der Waals surface area contributed by atoms with Crippen molar-refractivity contribution in [2.24, 2.45) is 10.6 Å². The Bertz CT molecular complexity index is 309. The predicted molar refractivity (Wildman–Crippen MR) is 55.6 cm³/mol. The van der Waals surface area contributed by atoms with Gasteiger partial charge >= 0.3 is 0 Å². The third-order valence-electron chi connectivity index (χ3n) is 2.24. The molecule has 0 bridgehead atoms. The van der Waals surface area contributed by atoms with E-state index in [1.54, 1.807) is 12.5 Å². The van der Waals surface area contributed by atoms with E-state index in [-0.39, 0.29) is 11.5 Å². The van der Waals surface area contributed by atoms with Crippen LogP contribution in [0, 0.1) is 5.41 Å². The first-order valence-corrected chi connectivity index (χ1v) is 4.66. The minimum atomic E-state index is -0.140. The Morgan fingerprint density at radius 2 is 2.14 bits per heavy atom. The maximum Gasteiger partial charge on any atom is 0.0952 e. The van der Waals surface area contributed by atoms with Crippen molar-refractivity contribution >= 4 is 5.71 Å². The van der Waals surface area contributed by atoms with E-state index in [9.17, 15) is 0 Å². The molecule has 0 fully saturated rings. The van der Waals surface area contributed by atoms with E-state index in [1.807, 2.05) is 38.5 Å². The molecule has 0 amide bonds. The predicted octanol–water partition coefficient (Wildman–Crippen LogP) is 2.32. The van der Waals surface area contributed by atoms with Crippen molar-refractivity contribution in [3.63, 3.8) is 0 Å². The molecule has 1 aromatic heterocycles. The number of rotatable bonds is 2. The molecule has 1 atom stereocenters. The van der Waals surface area contributed by atoms with Gasteiger partial charge in [0.2, 0.25) is 0 Å². The first kappa shape index (κ1) is 10.8. The molecule has 14 heavy (non-hydrogen) atoms. The molecule has 78 valence electrons. The summed E-state index contributed by atoms with van der Waals surface area (Å²) in [6.45, 7) is 8.06. The first-order valence-electron chi connectivity index (χ1n) is 4.66. The molecular weight excluding hydrogens is 178 g/mol. The van der Waals surface area contributed by atoms with Crippen molar-refractivity contribution < 1.29 is 5.21 Å². The van der Waals surface area contributed by atoms with Crippen LogP contribution >= 0.6 is 0 Å².